The van der Waals surface area contributed by atoms with Gasteiger partial charge < -0.3 is 14.4 Å². The lowest BCUT2D eigenvalue weighted by Gasteiger charge is -2.43. The fourth-order valence-electron chi connectivity index (χ4n) is 3.51. The number of nitrogens with zero attached hydrogens (tertiary/aromatic N) is 2. The molecule has 2 aliphatic rings. The third-order valence-corrected chi connectivity index (χ3v) is 4.82. The summed E-state index contributed by atoms with van der Waals surface area (Å²) < 4.78 is 11.4. The third-order valence-electron chi connectivity index (χ3n) is 4.82. The van der Waals surface area contributed by atoms with Gasteiger partial charge in [-0.3, -0.25) is 9.69 Å². The average Bonchev–Trinajstić information content (AvgIpc) is 2.55. The van der Waals surface area contributed by atoms with Gasteiger partial charge in [-0.15, -0.1) is 0 Å². The molecular weight excluding hydrogens is 304 g/mol. The van der Waals surface area contributed by atoms with Gasteiger partial charge in [0.05, 0.1) is 37.9 Å². The predicted octanol–water partition coefficient (Wildman–Crippen LogP) is 1.91. The first-order valence-corrected chi connectivity index (χ1v) is 8.81. The summed E-state index contributed by atoms with van der Waals surface area (Å²) in [5.74, 6) is 0.176. The minimum Gasteiger partial charge on any atom is -0.377 e. The van der Waals surface area contributed by atoms with Crippen LogP contribution in [0.5, 0.6) is 0 Å². The Kier molecular flexibility index (Phi) is 5.54. The molecule has 0 spiro atoms. The highest BCUT2D eigenvalue weighted by Gasteiger charge is 2.35. The standard InChI is InChI=1S/C19H28N2O3/c1-19(2)15-23-10-9-21(19)18(22)12-17-14-20(8-11-24-17)13-16-6-4-3-5-7-16/h3-7,17H,8-15H2,1-2H3. The first-order chi connectivity index (χ1) is 11.5. The molecule has 2 aliphatic heterocycles. The largest absolute Gasteiger partial charge is 0.377 e. The van der Waals surface area contributed by atoms with Crippen LogP contribution < -0.4 is 0 Å². The van der Waals surface area contributed by atoms with Crippen molar-refractivity contribution in [1.82, 2.24) is 9.80 Å². The average molecular weight is 332 g/mol. The van der Waals surface area contributed by atoms with Crippen LogP contribution in [0.4, 0.5) is 0 Å². The maximum atomic E-state index is 12.7. The Morgan fingerprint density at radius 3 is 2.75 bits per heavy atom. The van der Waals surface area contributed by atoms with Crippen LogP contribution in [0.2, 0.25) is 0 Å². The topological polar surface area (TPSA) is 42.0 Å². The molecule has 2 saturated heterocycles. The lowest BCUT2D eigenvalue weighted by Crippen LogP contribution is -2.56. The maximum Gasteiger partial charge on any atom is 0.225 e. The van der Waals surface area contributed by atoms with Gasteiger partial charge in [0.1, 0.15) is 0 Å². The molecule has 2 heterocycles. The Bertz CT molecular complexity index is 547. The summed E-state index contributed by atoms with van der Waals surface area (Å²) in [6.45, 7) is 9.36. The molecule has 1 aromatic rings. The minimum atomic E-state index is -0.228. The molecule has 0 saturated carbocycles. The monoisotopic (exact) mass is 332 g/mol. The number of morpholine rings is 2. The van der Waals surface area contributed by atoms with Gasteiger partial charge in [0.2, 0.25) is 5.91 Å². The quantitative estimate of drug-likeness (QED) is 0.845. The van der Waals surface area contributed by atoms with Crippen molar-refractivity contribution in [3.63, 3.8) is 0 Å². The Morgan fingerprint density at radius 2 is 2.00 bits per heavy atom. The van der Waals surface area contributed by atoms with Gasteiger partial charge in [0.25, 0.3) is 0 Å². The molecule has 1 unspecified atom stereocenters. The van der Waals surface area contributed by atoms with Crippen LogP contribution in [-0.2, 0) is 20.8 Å². The molecule has 0 bridgehead atoms. The van der Waals surface area contributed by atoms with Gasteiger partial charge in [-0.1, -0.05) is 30.3 Å². The summed E-state index contributed by atoms with van der Waals surface area (Å²) in [6.07, 6.45) is 0.433. The van der Waals surface area contributed by atoms with Crippen LogP contribution in [0.25, 0.3) is 0 Å². The zero-order valence-electron chi connectivity index (χ0n) is 14.7. The van der Waals surface area contributed by atoms with E-state index >= 15 is 0 Å². The molecule has 3 rings (SSSR count). The van der Waals surface area contributed by atoms with E-state index in [-0.39, 0.29) is 17.6 Å². The third kappa shape index (κ3) is 4.35. The second-order valence-corrected chi connectivity index (χ2v) is 7.33. The SMILES string of the molecule is CC1(C)COCCN1C(=O)CC1CN(Cc2ccccc2)CCO1. The number of benzene rings is 1. The van der Waals surface area contributed by atoms with E-state index in [1.165, 1.54) is 5.56 Å². The lowest BCUT2D eigenvalue weighted by molar-refractivity contribution is -0.151. The molecule has 0 radical (unpaired) electrons. The second-order valence-electron chi connectivity index (χ2n) is 7.33. The van der Waals surface area contributed by atoms with Crippen LogP contribution in [0, 0.1) is 0 Å². The summed E-state index contributed by atoms with van der Waals surface area (Å²) in [5.41, 5.74) is 1.08. The summed E-state index contributed by atoms with van der Waals surface area (Å²) in [7, 11) is 0. The minimum absolute atomic E-state index is 0.0198. The Balaban J connectivity index is 1.54. The zero-order valence-corrected chi connectivity index (χ0v) is 14.7. The van der Waals surface area contributed by atoms with E-state index in [9.17, 15) is 4.79 Å². The molecule has 1 amide bonds. The number of hydrogen-bond acceptors (Lipinski definition) is 4. The molecule has 5 heteroatoms. The first kappa shape index (κ1) is 17.4. The molecular formula is C19H28N2O3. The molecule has 2 fully saturated rings. The molecule has 24 heavy (non-hydrogen) atoms. The van der Waals surface area contributed by atoms with Crippen LogP contribution in [0.3, 0.4) is 0 Å². The summed E-state index contributed by atoms with van der Waals surface area (Å²) in [6, 6.07) is 10.5. The van der Waals surface area contributed by atoms with E-state index in [1.807, 2.05) is 11.0 Å². The molecule has 0 aromatic heterocycles. The number of hydrogen-bond donors (Lipinski definition) is 0. The number of rotatable bonds is 4. The van der Waals surface area contributed by atoms with Crippen molar-refractivity contribution in [1.29, 1.82) is 0 Å². The fraction of sp³-hybridized carbons (Fsp3) is 0.632. The second kappa shape index (κ2) is 7.64. The lowest BCUT2D eigenvalue weighted by atomic mass is 10.0. The normalized spacial score (nSPS) is 24.8. The molecule has 0 N–H and O–H groups in total. The highest BCUT2D eigenvalue weighted by Crippen LogP contribution is 2.22. The van der Waals surface area contributed by atoms with E-state index < -0.39 is 0 Å². The zero-order chi connectivity index (χ0) is 17.0. The van der Waals surface area contributed by atoms with Gasteiger partial charge in [-0.2, -0.15) is 0 Å². The van der Waals surface area contributed by atoms with E-state index in [0.717, 1.165) is 19.6 Å². The van der Waals surface area contributed by atoms with Crippen LogP contribution in [0.1, 0.15) is 25.8 Å². The van der Waals surface area contributed by atoms with Gasteiger partial charge in [0, 0.05) is 26.2 Å². The maximum absolute atomic E-state index is 12.7. The number of carbonyl (C=O) groups excluding carboxylic acids is 1. The van der Waals surface area contributed by atoms with Crippen molar-refractivity contribution in [2.75, 3.05) is 39.5 Å². The summed E-state index contributed by atoms with van der Waals surface area (Å²) >= 11 is 0. The van der Waals surface area contributed by atoms with Crippen molar-refractivity contribution < 1.29 is 14.3 Å². The van der Waals surface area contributed by atoms with Crippen LogP contribution in [-0.4, -0.2) is 66.8 Å². The molecule has 132 valence electrons. The summed E-state index contributed by atoms with van der Waals surface area (Å²) in [4.78, 5) is 17.0. The highest BCUT2D eigenvalue weighted by molar-refractivity contribution is 5.77. The van der Waals surface area contributed by atoms with Crippen LogP contribution >= 0.6 is 0 Å². The van der Waals surface area contributed by atoms with Crippen molar-refractivity contribution in [2.45, 2.75) is 38.5 Å². The number of ether oxygens (including phenoxy) is 2. The van der Waals surface area contributed by atoms with Crippen molar-refractivity contribution in [2.24, 2.45) is 0 Å². The number of carbonyl (C=O) groups is 1. The summed E-state index contributed by atoms with van der Waals surface area (Å²) in [5, 5.41) is 0. The molecule has 1 aromatic carbocycles. The Morgan fingerprint density at radius 1 is 1.21 bits per heavy atom. The van der Waals surface area contributed by atoms with Crippen molar-refractivity contribution in [3.05, 3.63) is 35.9 Å². The van der Waals surface area contributed by atoms with Gasteiger partial charge in [-0.25, -0.2) is 0 Å². The predicted molar refractivity (Wildman–Crippen MR) is 92.7 cm³/mol. The van der Waals surface area contributed by atoms with E-state index in [1.54, 1.807) is 0 Å². The van der Waals surface area contributed by atoms with Crippen molar-refractivity contribution in [3.8, 4) is 0 Å². The van der Waals surface area contributed by atoms with Crippen molar-refractivity contribution >= 4 is 5.91 Å². The van der Waals surface area contributed by atoms with Crippen LogP contribution in [0.15, 0.2) is 30.3 Å². The molecule has 1 atom stereocenters. The van der Waals surface area contributed by atoms with Gasteiger partial charge in [-0.05, 0) is 19.4 Å². The van der Waals surface area contributed by atoms with E-state index in [0.29, 0.717) is 32.8 Å². The molecule has 5 nitrogen and oxygen atoms in total. The van der Waals surface area contributed by atoms with Gasteiger partial charge >= 0.3 is 0 Å². The number of amides is 1. The fourth-order valence-corrected chi connectivity index (χ4v) is 3.51. The molecule has 0 aliphatic carbocycles. The van der Waals surface area contributed by atoms with Gasteiger partial charge in [0.15, 0.2) is 0 Å². The Labute approximate surface area is 144 Å². The Hall–Kier alpha value is -1.43. The van der Waals surface area contributed by atoms with E-state index in [4.69, 9.17) is 9.47 Å². The smallest absolute Gasteiger partial charge is 0.225 e. The van der Waals surface area contributed by atoms with E-state index in [2.05, 4.69) is 43.0 Å². The highest BCUT2D eigenvalue weighted by atomic mass is 16.5. The first-order valence-electron chi connectivity index (χ1n) is 8.81.